The van der Waals surface area contributed by atoms with Gasteiger partial charge in [-0.15, -0.1) is 22.7 Å². The predicted molar refractivity (Wildman–Crippen MR) is 74.9 cm³/mol. The summed E-state index contributed by atoms with van der Waals surface area (Å²) < 4.78 is 26.5. The average molecular weight is 303 g/mol. The minimum atomic E-state index is -3.36. The van der Waals surface area contributed by atoms with Crippen LogP contribution in [0.1, 0.15) is 5.69 Å². The number of aromatic nitrogens is 1. The number of hydrogen-bond acceptors (Lipinski definition) is 6. The monoisotopic (exact) mass is 303 g/mol. The molecule has 2 aromatic rings. The molecule has 0 aliphatic carbocycles. The first-order valence-corrected chi connectivity index (χ1v) is 8.51. The van der Waals surface area contributed by atoms with E-state index in [0.29, 0.717) is 17.2 Å². The van der Waals surface area contributed by atoms with Crippen LogP contribution in [0.3, 0.4) is 0 Å². The lowest BCUT2D eigenvalue weighted by atomic mass is 10.3. The Morgan fingerprint density at radius 1 is 1.39 bits per heavy atom. The molecular weight excluding hydrogens is 290 g/mol. The molecule has 2 heterocycles. The lowest BCUT2D eigenvalue weighted by Crippen LogP contribution is -2.25. The molecule has 0 atom stereocenters. The Balaban J connectivity index is 1.89. The van der Waals surface area contributed by atoms with Crippen LogP contribution in [0, 0.1) is 0 Å². The van der Waals surface area contributed by atoms with Gasteiger partial charge in [-0.1, -0.05) is 6.07 Å². The number of thiazole rings is 1. The van der Waals surface area contributed by atoms with Gasteiger partial charge in [0, 0.05) is 25.4 Å². The Morgan fingerprint density at radius 2 is 2.22 bits per heavy atom. The molecule has 2 N–H and O–H groups in total. The molecule has 0 amide bonds. The molecule has 18 heavy (non-hydrogen) atoms. The summed E-state index contributed by atoms with van der Waals surface area (Å²) in [5.41, 5.74) is 0.887. The van der Waals surface area contributed by atoms with E-state index >= 15 is 0 Å². The Morgan fingerprint density at radius 3 is 2.83 bits per heavy atom. The topological polar surface area (TPSA) is 71.1 Å². The van der Waals surface area contributed by atoms with E-state index in [1.807, 2.05) is 12.4 Å². The molecule has 0 fully saturated rings. The van der Waals surface area contributed by atoms with Gasteiger partial charge in [-0.3, -0.25) is 0 Å². The third kappa shape index (κ3) is 3.29. The van der Waals surface area contributed by atoms with Crippen molar-refractivity contribution in [2.45, 2.75) is 10.6 Å². The summed E-state index contributed by atoms with van der Waals surface area (Å²) in [6, 6.07) is 3.31. The van der Waals surface area contributed by atoms with Crippen LogP contribution in [0.4, 0.5) is 5.13 Å². The van der Waals surface area contributed by atoms with Gasteiger partial charge in [0.05, 0.1) is 5.69 Å². The van der Waals surface area contributed by atoms with Crippen LogP contribution in [0.2, 0.25) is 0 Å². The van der Waals surface area contributed by atoms with Crippen LogP contribution in [0.15, 0.2) is 27.1 Å². The van der Waals surface area contributed by atoms with Crippen molar-refractivity contribution in [1.82, 2.24) is 9.71 Å². The number of nitrogens with zero attached hydrogens (tertiary/aromatic N) is 1. The minimum Gasteiger partial charge on any atom is -0.365 e. The van der Waals surface area contributed by atoms with Gasteiger partial charge < -0.3 is 5.32 Å². The molecule has 0 bridgehead atoms. The van der Waals surface area contributed by atoms with Crippen molar-refractivity contribution in [3.05, 3.63) is 28.6 Å². The summed E-state index contributed by atoms with van der Waals surface area (Å²) in [4.78, 5) is 4.29. The van der Waals surface area contributed by atoms with E-state index in [1.165, 1.54) is 22.7 Å². The van der Waals surface area contributed by atoms with Gasteiger partial charge in [-0.05, 0) is 11.4 Å². The molecule has 8 heteroatoms. The molecule has 5 nitrogen and oxygen atoms in total. The molecule has 0 unspecified atom stereocenters. The lowest BCUT2D eigenvalue weighted by Gasteiger charge is -2.02. The van der Waals surface area contributed by atoms with Crippen molar-refractivity contribution in [2.24, 2.45) is 0 Å². The largest absolute Gasteiger partial charge is 0.365 e. The fraction of sp³-hybridized carbons (Fsp3) is 0.300. The maximum atomic E-state index is 11.8. The highest BCUT2D eigenvalue weighted by Crippen LogP contribution is 2.16. The maximum absolute atomic E-state index is 11.8. The summed E-state index contributed by atoms with van der Waals surface area (Å²) >= 11 is 2.72. The number of sulfonamides is 1. The predicted octanol–water partition coefficient (Wildman–Crippen LogP) is 1.77. The van der Waals surface area contributed by atoms with Gasteiger partial charge in [0.15, 0.2) is 5.13 Å². The molecule has 98 valence electrons. The van der Waals surface area contributed by atoms with Crippen molar-refractivity contribution >= 4 is 37.8 Å². The highest BCUT2D eigenvalue weighted by molar-refractivity contribution is 7.91. The number of rotatable bonds is 6. The smallest absolute Gasteiger partial charge is 0.250 e. The van der Waals surface area contributed by atoms with Gasteiger partial charge in [0.25, 0.3) is 0 Å². The van der Waals surface area contributed by atoms with Crippen molar-refractivity contribution in [2.75, 3.05) is 18.9 Å². The van der Waals surface area contributed by atoms with Gasteiger partial charge in [-0.2, -0.15) is 0 Å². The fourth-order valence-electron chi connectivity index (χ4n) is 1.34. The van der Waals surface area contributed by atoms with Crippen molar-refractivity contribution < 1.29 is 8.42 Å². The normalized spacial score (nSPS) is 11.6. The Hall–Kier alpha value is -0.960. The van der Waals surface area contributed by atoms with Crippen LogP contribution >= 0.6 is 22.7 Å². The molecule has 2 rings (SSSR count). The van der Waals surface area contributed by atoms with E-state index in [4.69, 9.17) is 0 Å². The zero-order chi connectivity index (χ0) is 13.0. The average Bonchev–Trinajstić information content (AvgIpc) is 3.00. The SMILES string of the molecule is CNc1nc(CCNS(=O)(=O)c2cccs2)cs1. The first-order valence-electron chi connectivity index (χ1n) is 5.27. The number of thiophene rings is 1. The first kappa shape index (κ1) is 13.5. The molecule has 0 spiro atoms. The second-order valence-corrected chi connectivity index (χ2v) is 7.27. The highest BCUT2D eigenvalue weighted by atomic mass is 32.2. The fourth-order valence-corrected chi connectivity index (χ4v) is 4.11. The van der Waals surface area contributed by atoms with Crippen LogP contribution in [-0.4, -0.2) is 27.0 Å². The first-order chi connectivity index (χ1) is 8.62. The molecular formula is C10H13N3O2S3. The standard InChI is InChI=1S/C10H13N3O2S3/c1-11-10-13-8(7-17-10)4-5-12-18(14,15)9-3-2-6-16-9/h2-3,6-7,12H,4-5H2,1H3,(H,11,13). The third-order valence-corrected chi connectivity index (χ3v) is 5.97. The summed E-state index contributed by atoms with van der Waals surface area (Å²) in [6.07, 6.45) is 0.586. The molecule has 0 saturated carbocycles. The Labute approximate surface area is 114 Å². The van der Waals surface area contributed by atoms with Crippen LogP contribution in [0.5, 0.6) is 0 Å². The number of nitrogens with one attached hydrogen (secondary N) is 2. The quantitative estimate of drug-likeness (QED) is 0.853. The minimum absolute atomic E-state index is 0.344. The van der Waals surface area contributed by atoms with Crippen LogP contribution < -0.4 is 10.0 Å². The van der Waals surface area contributed by atoms with Crippen molar-refractivity contribution in [3.63, 3.8) is 0 Å². The van der Waals surface area contributed by atoms with E-state index in [-0.39, 0.29) is 0 Å². The van der Waals surface area contributed by atoms with Gasteiger partial charge in [0.1, 0.15) is 4.21 Å². The van der Waals surface area contributed by atoms with E-state index in [9.17, 15) is 8.42 Å². The molecule has 0 aromatic carbocycles. The van der Waals surface area contributed by atoms with E-state index in [2.05, 4.69) is 15.0 Å². The molecule has 0 aliphatic rings. The Bertz CT molecular complexity index is 590. The van der Waals surface area contributed by atoms with E-state index in [1.54, 1.807) is 17.5 Å². The lowest BCUT2D eigenvalue weighted by molar-refractivity contribution is 0.583. The zero-order valence-electron chi connectivity index (χ0n) is 9.71. The van der Waals surface area contributed by atoms with Crippen molar-refractivity contribution in [3.8, 4) is 0 Å². The Kier molecular flexibility index (Phi) is 4.33. The summed E-state index contributed by atoms with van der Waals surface area (Å²) in [6.45, 7) is 0.354. The van der Waals surface area contributed by atoms with Gasteiger partial charge in [-0.25, -0.2) is 18.1 Å². The highest BCUT2D eigenvalue weighted by Gasteiger charge is 2.14. The van der Waals surface area contributed by atoms with Crippen LogP contribution in [-0.2, 0) is 16.4 Å². The second-order valence-electron chi connectivity index (χ2n) is 3.47. The van der Waals surface area contributed by atoms with Gasteiger partial charge in [0.2, 0.25) is 10.0 Å². The summed E-state index contributed by atoms with van der Waals surface area (Å²) in [7, 11) is -1.55. The van der Waals surface area contributed by atoms with Crippen LogP contribution in [0.25, 0.3) is 0 Å². The maximum Gasteiger partial charge on any atom is 0.250 e. The van der Waals surface area contributed by atoms with E-state index in [0.717, 1.165) is 10.8 Å². The van der Waals surface area contributed by atoms with Gasteiger partial charge >= 0.3 is 0 Å². The van der Waals surface area contributed by atoms with Crippen molar-refractivity contribution in [1.29, 1.82) is 0 Å². The third-order valence-electron chi connectivity index (χ3n) is 2.20. The molecule has 0 radical (unpaired) electrons. The zero-order valence-corrected chi connectivity index (χ0v) is 12.2. The second kappa shape index (κ2) is 5.79. The summed E-state index contributed by atoms with van der Waals surface area (Å²) in [5, 5.41) is 7.45. The van der Waals surface area contributed by atoms with E-state index < -0.39 is 10.0 Å². The molecule has 0 aliphatic heterocycles. The molecule has 2 aromatic heterocycles. The summed E-state index contributed by atoms with van der Waals surface area (Å²) in [5.74, 6) is 0. The number of anilines is 1. The molecule has 0 saturated heterocycles. The number of hydrogen-bond donors (Lipinski definition) is 2.